The van der Waals surface area contributed by atoms with Gasteiger partial charge >= 0.3 is 0 Å². The lowest BCUT2D eigenvalue weighted by atomic mass is 9.96. The summed E-state index contributed by atoms with van der Waals surface area (Å²) in [5.41, 5.74) is 1.55. The van der Waals surface area contributed by atoms with Crippen molar-refractivity contribution >= 4 is 39.0 Å². The quantitative estimate of drug-likeness (QED) is 0.734. The van der Waals surface area contributed by atoms with Gasteiger partial charge in [-0.05, 0) is 63.2 Å². The van der Waals surface area contributed by atoms with Gasteiger partial charge in [-0.1, -0.05) is 0 Å². The topological polar surface area (TPSA) is 0 Å². The van der Waals surface area contributed by atoms with E-state index in [2.05, 4.69) is 39.1 Å². The molecule has 0 saturated carbocycles. The molecular weight excluding hydrogens is 252 g/mol. The van der Waals surface area contributed by atoms with Crippen molar-refractivity contribution in [2.75, 3.05) is 11.5 Å². The smallest absolute Gasteiger partial charge is 0.0701 e. The van der Waals surface area contributed by atoms with Gasteiger partial charge in [0, 0.05) is 0 Å². The van der Waals surface area contributed by atoms with E-state index in [1.807, 2.05) is 11.3 Å². The van der Waals surface area contributed by atoms with E-state index >= 15 is 0 Å². The lowest BCUT2D eigenvalue weighted by Crippen LogP contribution is -2.06. The highest BCUT2D eigenvalue weighted by atomic mass is 79.9. The van der Waals surface area contributed by atoms with Gasteiger partial charge < -0.3 is 0 Å². The van der Waals surface area contributed by atoms with E-state index in [1.165, 1.54) is 28.1 Å². The number of rotatable bonds is 1. The zero-order valence-electron chi connectivity index (χ0n) is 6.75. The van der Waals surface area contributed by atoms with Crippen molar-refractivity contribution in [3.8, 4) is 0 Å². The molecule has 0 aromatic carbocycles. The Kier molecular flexibility index (Phi) is 3.15. The zero-order chi connectivity index (χ0) is 8.39. The van der Waals surface area contributed by atoms with E-state index in [1.54, 1.807) is 5.56 Å². The van der Waals surface area contributed by atoms with Crippen molar-refractivity contribution in [1.29, 1.82) is 0 Å². The van der Waals surface area contributed by atoms with E-state index in [0.717, 1.165) is 5.92 Å². The summed E-state index contributed by atoms with van der Waals surface area (Å²) in [4.78, 5) is 0. The third-order valence-electron chi connectivity index (χ3n) is 2.28. The molecule has 1 aromatic rings. The Morgan fingerprint density at radius 2 is 2.08 bits per heavy atom. The molecule has 0 amide bonds. The molecule has 1 aromatic heterocycles. The van der Waals surface area contributed by atoms with E-state index < -0.39 is 0 Å². The van der Waals surface area contributed by atoms with Gasteiger partial charge in [-0.15, -0.1) is 11.3 Å². The molecule has 66 valence electrons. The molecule has 12 heavy (non-hydrogen) atoms. The molecule has 0 N–H and O–H groups in total. The standard InChI is InChI=1S/C9H11BrS2/c10-9-5-8(6-12-9)7-1-3-11-4-2-7/h5-7H,1-4H2. The maximum Gasteiger partial charge on any atom is 0.0701 e. The van der Waals surface area contributed by atoms with Crippen LogP contribution >= 0.6 is 39.0 Å². The van der Waals surface area contributed by atoms with Crippen LogP contribution in [-0.4, -0.2) is 11.5 Å². The van der Waals surface area contributed by atoms with Gasteiger partial charge in [0.25, 0.3) is 0 Å². The number of thioether (sulfide) groups is 1. The SMILES string of the molecule is Brc1cc(C2CCSCC2)cs1. The Labute approximate surface area is 89.9 Å². The molecule has 0 radical (unpaired) electrons. The summed E-state index contributed by atoms with van der Waals surface area (Å²) in [5, 5.41) is 2.30. The molecule has 0 aliphatic carbocycles. The lowest BCUT2D eigenvalue weighted by molar-refractivity contribution is 0.639. The van der Waals surface area contributed by atoms with Gasteiger partial charge in [-0.3, -0.25) is 0 Å². The second-order valence-corrected chi connectivity index (χ2v) is 6.59. The minimum absolute atomic E-state index is 0.841. The van der Waals surface area contributed by atoms with Crippen LogP contribution in [0.4, 0.5) is 0 Å². The number of hydrogen-bond donors (Lipinski definition) is 0. The van der Waals surface area contributed by atoms with Crippen molar-refractivity contribution in [2.24, 2.45) is 0 Å². The Bertz CT molecular complexity index is 251. The molecular formula is C9H11BrS2. The molecule has 3 heteroatoms. The zero-order valence-corrected chi connectivity index (χ0v) is 9.97. The van der Waals surface area contributed by atoms with Crippen LogP contribution in [-0.2, 0) is 0 Å². The summed E-state index contributed by atoms with van der Waals surface area (Å²) in [7, 11) is 0. The third-order valence-corrected chi connectivity index (χ3v) is 4.85. The maximum atomic E-state index is 3.51. The average molecular weight is 263 g/mol. The molecule has 1 aliphatic rings. The van der Waals surface area contributed by atoms with Gasteiger partial charge in [-0.25, -0.2) is 0 Å². The highest BCUT2D eigenvalue weighted by molar-refractivity contribution is 9.11. The molecule has 2 rings (SSSR count). The van der Waals surface area contributed by atoms with Crippen LogP contribution < -0.4 is 0 Å². The summed E-state index contributed by atoms with van der Waals surface area (Å²) < 4.78 is 1.27. The fraction of sp³-hybridized carbons (Fsp3) is 0.556. The van der Waals surface area contributed by atoms with Gasteiger partial charge in [0.2, 0.25) is 0 Å². The second-order valence-electron chi connectivity index (χ2n) is 3.07. The predicted octanol–water partition coefficient (Wildman–Crippen LogP) is 4.12. The first-order valence-electron chi connectivity index (χ1n) is 4.18. The fourth-order valence-electron chi connectivity index (χ4n) is 1.57. The lowest BCUT2D eigenvalue weighted by Gasteiger charge is -2.19. The summed E-state index contributed by atoms with van der Waals surface area (Å²) >= 11 is 7.41. The van der Waals surface area contributed by atoms with Crippen molar-refractivity contribution in [3.63, 3.8) is 0 Å². The average Bonchev–Trinajstić information content (AvgIpc) is 2.54. The highest BCUT2D eigenvalue weighted by Crippen LogP contribution is 2.35. The van der Waals surface area contributed by atoms with E-state index in [-0.39, 0.29) is 0 Å². The van der Waals surface area contributed by atoms with Crippen LogP contribution in [0.2, 0.25) is 0 Å². The Morgan fingerprint density at radius 3 is 2.67 bits per heavy atom. The van der Waals surface area contributed by atoms with Crippen LogP contribution in [0.25, 0.3) is 0 Å². The van der Waals surface area contributed by atoms with Crippen LogP contribution in [0.3, 0.4) is 0 Å². The summed E-state index contributed by atoms with van der Waals surface area (Å²) in [6.45, 7) is 0. The number of halogens is 1. The summed E-state index contributed by atoms with van der Waals surface area (Å²) in [6, 6.07) is 2.28. The van der Waals surface area contributed by atoms with Crippen LogP contribution in [0, 0.1) is 0 Å². The van der Waals surface area contributed by atoms with Gasteiger partial charge in [-0.2, -0.15) is 11.8 Å². The van der Waals surface area contributed by atoms with Crippen molar-refractivity contribution < 1.29 is 0 Å². The van der Waals surface area contributed by atoms with E-state index in [0.29, 0.717) is 0 Å². The summed E-state index contributed by atoms with van der Waals surface area (Å²) in [6.07, 6.45) is 2.74. The first kappa shape index (κ1) is 9.10. The van der Waals surface area contributed by atoms with Crippen LogP contribution in [0.1, 0.15) is 24.3 Å². The Balaban J connectivity index is 2.08. The summed E-state index contributed by atoms with van der Waals surface area (Å²) in [5.74, 6) is 3.53. The van der Waals surface area contributed by atoms with Gasteiger partial charge in [0.1, 0.15) is 0 Å². The molecule has 1 aliphatic heterocycles. The first-order valence-corrected chi connectivity index (χ1v) is 7.00. The Morgan fingerprint density at radius 1 is 1.33 bits per heavy atom. The van der Waals surface area contributed by atoms with Gasteiger partial charge in [0.15, 0.2) is 0 Å². The van der Waals surface area contributed by atoms with Gasteiger partial charge in [0.05, 0.1) is 3.79 Å². The van der Waals surface area contributed by atoms with Crippen molar-refractivity contribution in [2.45, 2.75) is 18.8 Å². The minimum atomic E-state index is 0.841. The first-order chi connectivity index (χ1) is 5.86. The van der Waals surface area contributed by atoms with Crippen LogP contribution in [0.5, 0.6) is 0 Å². The van der Waals surface area contributed by atoms with Crippen molar-refractivity contribution in [3.05, 3.63) is 20.8 Å². The molecule has 1 fully saturated rings. The second kappa shape index (κ2) is 4.16. The number of thiophene rings is 1. The third kappa shape index (κ3) is 2.06. The maximum absolute atomic E-state index is 3.51. The molecule has 0 spiro atoms. The predicted molar refractivity (Wildman–Crippen MR) is 61.3 cm³/mol. The molecule has 0 bridgehead atoms. The minimum Gasteiger partial charge on any atom is -0.162 e. The number of hydrogen-bond acceptors (Lipinski definition) is 2. The molecule has 0 nitrogen and oxygen atoms in total. The van der Waals surface area contributed by atoms with E-state index in [9.17, 15) is 0 Å². The normalized spacial score (nSPS) is 19.8. The molecule has 2 heterocycles. The fourth-order valence-corrected chi connectivity index (χ4v) is 3.93. The molecule has 0 atom stereocenters. The van der Waals surface area contributed by atoms with Crippen molar-refractivity contribution in [1.82, 2.24) is 0 Å². The molecule has 0 unspecified atom stereocenters. The highest BCUT2D eigenvalue weighted by Gasteiger charge is 2.16. The largest absolute Gasteiger partial charge is 0.162 e. The van der Waals surface area contributed by atoms with Crippen LogP contribution in [0.15, 0.2) is 15.2 Å². The monoisotopic (exact) mass is 262 g/mol. The Hall–Kier alpha value is 0.530. The molecule has 1 saturated heterocycles. The van der Waals surface area contributed by atoms with E-state index in [4.69, 9.17) is 0 Å².